The number of hydrogen-bond acceptors (Lipinski definition) is 6. The number of pyridine rings is 1. The number of benzene rings is 1. The Labute approximate surface area is 202 Å². The number of carbonyl (C=O) groups is 1. The molecular weight excluding hydrogens is 430 g/mol. The summed E-state index contributed by atoms with van der Waals surface area (Å²) < 4.78 is 7.03. The molecule has 0 radical (unpaired) electrons. The molecule has 0 saturated heterocycles. The smallest absolute Gasteiger partial charge is 0.326 e. The fourth-order valence-corrected chi connectivity index (χ4v) is 3.60. The van der Waals surface area contributed by atoms with E-state index in [1.165, 1.54) is 0 Å². The number of aryl methyl sites for hydroxylation is 3. The zero-order valence-corrected chi connectivity index (χ0v) is 21.9. The Bertz CT molecular complexity index is 1080. The van der Waals surface area contributed by atoms with Crippen LogP contribution in [0.5, 0.6) is 0 Å². The predicted molar refractivity (Wildman–Crippen MR) is 137 cm³/mol. The maximum atomic E-state index is 12.5. The number of esters is 1. The van der Waals surface area contributed by atoms with E-state index < -0.39 is 23.7 Å². The van der Waals surface area contributed by atoms with Gasteiger partial charge >= 0.3 is 5.97 Å². The van der Waals surface area contributed by atoms with E-state index in [-0.39, 0.29) is 11.5 Å². The van der Waals surface area contributed by atoms with Crippen LogP contribution in [0.4, 0.5) is 5.69 Å². The molecule has 186 valence electrons. The second-order valence-electron chi connectivity index (χ2n) is 10.2. The van der Waals surface area contributed by atoms with Gasteiger partial charge in [0.15, 0.2) is 0 Å². The monoisotopic (exact) mass is 469 g/mol. The highest BCUT2D eigenvalue weighted by Gasteiger charge is 2.28. The molecule has 34 heavy (non-hydrogen) atoms. The van der Waals surface area contributed by atoms with Crippen molar-refractivity contribution in [1.82, 2.24) is 9.88 Å². The van der Waals surface area contributed by atoms with Crippen molar-refractivity contribution in [1.29, 1.82) is 0 Å². The summed E-state index contributed by atoms with van der Waals surface area (Å²) in [6, 6.07) is 6.99. The molecule has 7 nitrogen and oxygen atoms in total. The third-order valence-corrected chi connectivity index (χ3v) is 5.39. The normalized spacial score (nSPS) is 14.3. The molecule has 1 aromatic heterocycles. The fourth-order valence-electron chi connectivity index (χ4n) is 3.60. The van der Waals surface area contributed by atoms with Gasteiger partial charge in [-0.05, 0) is 70.7 Å². The molecular formula is C27H39N3O4. The highest BCUT2D eigenvalue weighted by molar-refractivity contribution is 6.03. The first kappa shape index (κ1) is 27.5. The highest BCUT2D eigenvalue weighted by Crippen LogP contribution is 2.24. The van der Waals surface area contributed by atoms with Gasteiger partial charge in [0.1, 0.15) is 11.6 Å². The van der Waals surface area contributed by atoms with E-state index in [4.69, 9.17) is 9.73 Å². The van der Waals surface area contributed by atoms with E-state index in [9.17, 15) is 14.7 Å². The third kappa shape index (κ3) is 7.37. The van der Waals surface area contributed by atoms with Crippen LogP contribution in [-0.2, 0) is 23.1 Å². The summed E-state index contributed by atoms with van der Waals surface area (Å²) >= 11 is 0. The second-order valence-corrected chi connectivity index (χ2v) is 10.2. The molecule has 1 heterocycles. The standard InChI is InChI=1S/C27H39N3O4/c1-16(2)23(21-12-18(4)25(32)30(9)15-21)29-22-13-20(11-10-17(22)3)14-28-24(19(5)31)26(33)34-27(6,7)8/h10-13,15-16,19,24,28,31H,14H2,1-9H3. The Morgan fingerprint density at radius 3 is 2.32 bits per heavy atom. The Balaban J connectivity index is 2.35. The molecule has 0 spiro atoms. The third-order valence-electron chi connectivity index (χ3n) is 5.39. The van der Waals surface area contributed by atoms with Crippen molar-refractivity contribution in [2.75, 3.05) is 0 Å². The summed E-state index contributed by atoms with van der Waals surface area (Å²) in [7, 11) is 1.75. The van der Waals surface area contributed by atoms with E-state index >= 15 is 0 Å². The minimum Gasteiger partial charge on any atom is -0.459 e. The lowest BCUT2D eigenvalue weighted by molar-refractivity contribution is -0.160. The van der Waals surface area contributed by atoms with Crippen molar-refractivity contribution >= 4 is 17.4 Å². The fraction of sp³-hybridized carbons (Fsp3) is 0.519. The lowest BCUT2D eigenvalue weighted by Gasteiger charge is -2.26. The molecule has 0 aliphatic carbocycles. The van der Waals surface area contributed by atoms with Crippen LogP contribution >= 0.6 is 0 Å². The zero-order valence-electron chi connectivity index (χ0n) is 21.9. The van der Waals surface area contributed by atoms with Crippen LogP contribution < -0.4 is 10.9 Å². The molecule has 0 aliphatic heterocycles. The summed E-state index contributed by atoms with van der Waals surface area (Å²) in [6.07, 6.45) is 0.918. The van der Waals surface area contributed by atoms with Crippen LogP contribution in [0.3, 0.4) is 0 Å². The summed E-state index contributed by atoms with van der Waals surface area (Å²) in [5.74, 6) is -0.343. The first-order chi connectivity index (χ1) is 15.7. The van der Waals surface area contributed by atoms with Gasteiger partial charge in [-0.3, -0.25) is 19.9 Å². The van der Waals surface area contributed by atoms with E-state index in [2.05, 4.69) is 19.2 Å². The number of aliphatic imine (C=N–C) groups is 1. The van der Waals surface area contributed by atoms with Gasteiger partial charge in [-0.2, -0.15) is 0 Å². The molecule has 0 aliphatic rings. The van der Waals surface area contributed by atoms with E-state index in [0.29, 0.717) is 12.1 Å². The second kappa shape index (κ2) is 11.1. The maximum Gasteiger partial charge on any atom is 0.326 e. The van der Waals surface area contributed by atoms with Crippen LogP contribution in [0.25, 0.3) is 0 Å². The van der Waals surface area contributed by atoms with Crippen LogP contribution in [0.1, 0.15) is 63.8 Å². The number of nitrogens with one attached hydrogen (secondary N) is 1. The number of carbonyl (C=O) groups excluding carboxylic acids is 1. The van der Waals surface area contributed by atoms with Crippen molar-refractivity contribution in [3.63, 3.8) is 0 Å². The quantitative estimate of drug-likeness (QED) is 0.451. The van der Waals surface area contributed by atoms with Crippen LogP contribution in [0, 0.1) is 19.8 Å². The molecule has 0 saturated carbocycles. The molecule has 1 aromatic carbocycles. The number of aromatic nitrogens is 1. The van der Waals surface area contributed by atoms with Crippen molar-refractivity contribution in [2.24, 2.45) is 18.0 Å². The number of hydrogen-bond donors (Lipinski definition) is 2. The van der Waals surface area contributed by atoms with E-state index in [1.807, 2.05) is 44.3 Å². The van der Waals surface area contributed by atoms with Gasteiger partial charge in [-0.25, -0.2) is 0 Å². The van der Waals surface area contributed by atoms with Crippen molar-refractivity contribution in [3.8, 4) is 0 Å². The summed E-state index contributed by atoms with van der Waals surface area (Å²) in [4.78, 5) is 29.6. The molecule has 2 rings (SSSR count). The summed E-state index contributed by atoms with van der Waals surface area (Å²) in [5, 5.41) is 13.2. The Morgan fingerprint density at radius 1 is 1.15 bits per heavy atom. The molecule has 0 fully saturated rings. The number of aliphatic hydroxyl groups excluding tert-OH is 1. The first-order valence-electron chi connectivity index (χ1n) is 11.7. The van der Waals surface area contributed by atoms with Crippen LogP contribution in [-0.4, -0.2) is 39.1 Å². The molecule has 0 amide bonds. The summed E-state index contributed by atoms with van der Waals surface area (Å²) in [5.41, 5.74) is 4.59. The van der Waals surface area contributed by atoms with Crippen molar-refractivity contribution in [2.45, 2.75) is 79.7 Å². The van der Waals surface area contributed by atoms with Crippen molar-refractivity contribution in [3.05, 3.63) is 63.1 Å². The minimum absolute atomic E-state index is 0.0197. The zero-order chi connectivity index (χ0) is 25.8. The lowest BCUT2D eigenvalue weighted by Crippen LogP contribution is -2.47. The number of nitrogens with zero attached hydrogens (tertiary/aromatic N) is 2. The van der Waals surface area contributed by atoms with Gasteiger partial charge in [0.2, 0.25) is 0 Å². The predicted octanol–water partition coefficient (Wildman–Crippen LogP) is 3.96. The Morgan fingerprint density at radius 2 is 1.79 bits per heavy atom. The molecule has 0 bridgehead atoms. The van der Waals surface area contributed by atoms with Gasteiger partial charge in [-0.1, -0.05) is 26.0 Å². The molecule has 2 N–H and O–H groups in total. The topological polar surface area (TPSA) is 92.9 Å². The lowest BCUT2D eigenvalue weighted by atomic mass is 9.99. The van der Waals surface area contributed by atoms with Crippen LogP contribution in [0.15, 0.2) is 40.2 Å². The minimum atomic E-state index is -0.904. The van der Waals surface area contributed by atoms with Gasteiger partial charge < -0.3 is 14.4 Å². The van der Waals surface area contributed by atoms with E-state index in [1.54, 1.807) is 39.3 Å². The van der Waals surface area contributed by atoms with Crippen molar-refractivity contribution < 1.29 is 14.6 Å². The average Bonchev–Trinajstić information content (AvgIpc) is 2.70. The largest absolute Gasteiger partial charge is 0.459 e. The number of aliphatic hydroxyl groups is 1. The highest BCUT2D eigenvalue weighted by atomic mass is 16.6. The van der Waals surface area contributed by atoms with E-state index in [0.717, 1.165) is 28.1 Å². The molecule has 2 aromatic rings. The van der Waals surface area contributed by atoms with Gasteiger partial charge in [0.25, 0.3) is 5.56 Å². The molecule has 2 unspecified atom stereocenters. The van der Waals surface area contributed by atoms with Gasteiger partial charge in [0.05, 0.1) is 17.5 Å². The molecule has 2 atom stereocenters. The Kier molecular flexibility index (Phi) is 8.97. The first-order valence-corrected chi connectivity index (χ1v) is 11.7. The Hall–Kier alpha value is -2.77. The maximum absolute atomic E-state index is 12.5. The van der Waals surface area contributed by atoms with Gasteiger partial charge in [0, 0.05) is 30.9 Å². The number of ether oxygens (including phenoxy) is 1. The SMILES string of the molecule is Cc1ccc(CNC(C(=O)OC(C)(C)C)C(C)O)cc1N=C(c1cc(C)c(=O)n(C)c1)C(C)C. The average molecular weight is 470 g/mol. The van der Waals surface area contributed by atoms with Gasteiger partial charge in [-0.15, -0.1) is 0 Å². The van der Waals surface area contributed by atoms with Crippen LogP contribution in [0.2, 0.25) is 0 Å². The molecule has 7 heteroatoms. The summed E-state index contributed by atoms with van der Waals surface area (Å²) in [6.45, 7) is 15.3. The number of rotatable bonds is 8.